The minimum Gasteiger partial charge on any atom is -0.444 e. The number of hydrogen-bond donors (Lipinski definition) is 2. The third-order valence-corrected chi connectivity index (χ3v) is 7.53. The van der Waals surface area contributed by atoms with E-state index >= 15 is 0 Å². The number of fused-ring (bicyclic) bond motifs is 1. The second-order valence-corrected chi connectivity index (χ2v) is 13.5. The van der Waals surface area contributed by atoms with E-state index in [1.807, 2.05) is 24.3 Å². The number of rotatable bonds is 5. The molecule has 0 saturated carbocycles. The van der Waals surface area contributed by atoms with E-state index in [-0.39, 0.29) is 17.8 Å². The number of amides is 4. The van der Waals surface area contributed by atoms with Crippen molar-refractivity contribution in [2.45, 2.75) is 90.5 Å². The molecule has 0 radical (unpaired) electrons. The van der Waals surface area contributed by atoms with E-state index in [1.54, 1.807) is 60.0 Å². The van der Waals surface area contributed by atoms with E-state index in [2.05, 4.69) is 25.6 Å². The van der Waals surface area contributed by atoms with Crippen molar-refractivity contribution < 1.29 is 28.7 Å². The zero-order chi connectivity index (χ0) is 33.2. The first-order valence-corrected chi connectivity index (χ1v) is 15.5. The molecule has 4 amide bonds. The Kier molecular flexibility index (Phi) is 9.13. The van der Waals surface area contributed by atoms with Crippen molar-refractivity contribution in [2.75, 3.05) is 23.7 Å². The molecular formula is C33H41N7O6. The molecule has 2 aromatic heterocycles. The Morgan fingerprint density at radius 3 is 1.83 bits per heavy atom. The van der Waals surface area contributed by atoms with Gasteiger partial charge < -0.3 is 14.8 Å². The highest BCUT2D eigenvalue weighted by atomic mass is 16.6. The van der Waals surface area contributed by atoms with E-state index in [0.717, 1.165) is 22.9 Å². The first-order chi connectivity index (χ1) is 21.7. The molecule has 13 nitrogen and oxygen atoms in total. The zero-order valence-corrected chi connectivity index (χ0v) is 27.1. The molecule has 2 saturated heterocycles. The van der Waals surface area contributed by atoms with Gasteiger partial charge >= 0.3 is 12.2 Å². The zero-order valence-electron chi connectivity index (χ0n) is 27.1. The summed E-state index contributed by atoms with van der Waals surface area (Å²) < 4.78 is 10.9. The molecule has 5 rings (SSSR count). The quantitative estimate of drug-likeness (QED) is 0.378. The standard InChI is InChI=1S/C33H41N7O6/c1-32(2,3)45-30(43)39-15-7-9-24(39)27(41)37-26-14-12-21-17-20(11-13-23(21)36-26)22-18-34-29(35-19-22)38-28(42)25-10-8-16-40(25)31(44)46-33(4,5)6/h11-14,17-19,24-25H,7-10,15-16H2,1-6H3,(H,36,37,41)(H,34,35,38,42). The second-order valence-electron chi connectivity index (χ2n) is 13.5. The van der Waals surface area contributed by atoms with Crippen molar-refractivity contribution in [2.24, 2.45) is 0 Å². The summed E-state index contributed by atoms with van der Waals surface area (Å²) in [5, 5.41) is 6.40. The van der Waals surface area contributed by atoms with E-state index in [1.165, 1.54) is 9.80 Å². The molecule has 2 unspecified atom stereocenters. The Morgan fingerprint density at radius 1 is 0.739 bits per heavy atom. The summed E-state index contributed by atoms with van der Waals surface area (Å²) in [5.41, 5.74) is 0.949. The minimum absolute atomic E-state index is 0.139. The summed E-state index contributed by atoms with van der Waals surface area (Å²) in [7, 11) is 0. The number of anilines is 2. The van der Waals surface area contributed by atoms with Crippen LogP contribution in [0.25, 0.3) is 22.0 Å². The summed E-state index contributed by atoms with van der Waals surface area (Å²) in [5.74, 6) is -0.139. The van der Waals surface area contributed by atoms with Gasteiger partial charge in [0.2, 0.25) is 17.8 Å². The normalized spacial score (nSPS) is 18.4. The number of nitrogens with one attached hydrogen (secondary N) is 2. The third kappa shape index (κ3) is 7.88. The van der Waals surface area contributed by atoms with E-state index in [9.17, 15) is 19.2 Å². The summed E-state index contributed by atoms with van der Waals surface area (Å²) in [6.45, 7) is 11.7. The van der Waals surface area contributed by atoms with Gasteiger partial charge in [-0.05, 0) is 97.1 Å². The highest BCUT2D eigenvalue weighted by Crippen LogP contribution is 2.27. The van der Waals surface area contributed by atoms with Crippen molar-refractivity contribution in [3.63, 3.8) is 0 Å². The fourth-order valence-corrected chi connectivity index (χ4v) is 5.48. The number of ether oxygens (including phenoxy) is 2. The van der Waals surface area contributed by atoms with E-state index < -0.39 is 35.5 Å². The first-order valence-electron chi connectivity index (χ1n) is 15.5. The number of pyridine rings is 1. The van der Waals surface area contributed by atoms with Crippen LogP contribution in [-0.4, -0.2) is 85.1 Å². The van der Waals surface area contributed by atoms with Crippen LogP contribution in [0.3, 0.4) is 0 Å². The van der Waals surface area contributed by atoms with Gasteiger partial charge in [0.25, 0.3) is 0 Å². The lowest BCUT2D eigenvalue weighted by Crippen LogP contribution is -2.45. The van der Waals surface area contributed by atoms with Gasteiger partial charge in [0.15, 0.2) is 0 Å². The molecule has 46 heavy (non-hydrogen) atoms. The average Bonchev–Trinajstić information content (AvgIpc) is 3.66. The number of likely N-dealkylation sites (tertiary alicyclic amines) is 2. The average molecular weight is 632 g/mol. The summed E-state index contributed by atoms with van der Waals surface area (Å²) in [6.07, 6.45) is 4.73. The van der Waals surface area contributed by atoms with Gasteiger partial charge in [-0.3, -0.25) is 24.7 Å². The number of aromatic nitrogens is 3. The molecule has 1 aromatic carbocycles. The molecule has 0 bridgehead atoms. The lowest BCUT2D eigenvalue weighted by Gasteiger charge is -2.27. The predicted molar refractivity (Wildman–Crippen MR) is 172 cm³/mol. The summed E-state index contributed by atoms with van der Waals surface area (Å²) in [6, 6.07) is 7.95. The highest BCUT2D eigenvalue weighted by molar-refractivity contribution is 5.97. The van der Waals surface area contributed by atoms with Crippen LogP contribution in [0.1, 0.15) is 67.2 Å². The molecule has 13 heteroatoms. The molecule has 2 aliphatic rings. The Balaban J connectivity index is 1.21. The van der Waals surface area contributed by atoms with Crippen molar-refractivity contribution >= 4 is 46.7 Å². The van der Waals surface area contributed by atoms with Crippen LogP contribution in [0.5, 0.6) is 0 Å². The molecule has 2 atom stereocenters. The van der Waals surface area contributed by atoms with Crippen LogP contribution in [0.2, 0.25) is 0 Å². The molecule has 0 spiro atoms. The Hall–Kier alpha value is -4.81. The van der Waals surface area contributed by atoms with Gasteiger partial charge in [0, 0.05) is 36.4 Å². The predicted octanol–water partition coefficient (Wildman–Crippen LogP) is 5.37. The fraction of sp³-hybridized carbons (Fsp3) is 0.485. The minimum atomic E-state index is -0.654. The lowest BCUT2D eigenvalue weighted by molar-refractivity contribution is -0.121. The highest BCUT2D eigenvalue weighted by Gasteiger charge is 2.38. The number of carbonyl (C=O) groups excluding carboxylic acids is 4. The van der Waals surface area contributed by atoms with Crippen LogP contribution >= 0.6 is 0 Å². The molecular weight excluding hydrogens is 590 g/mol. The van der Waals surface area contributed by atoms with Crippen molar-refractivity contribution in [1.82, 2.24) is 24.8 Å². The van der Waals surface area contributed by atoms with Gasteiger partial charge in [0.1, 0.15) is 29.1 Å². The Morgan fingerprint density at radius 2 is 1.28 bits per heavy atom. The molecule has 4 heterocycles. The summed E-state index contributed by atoms with van der Waals surface area (Å²) >= 11 is 0. The smallest absolute Gasteiger partial charge is 0.410 e. The number of hydrogen-bond acceptors (Lipinski definition) is 9. The maximum absolute atomic E-state index is 13.1. The van der Waals surface area contributed by atoms with E-state index in [0.29, 0.717) is 43.7 Å². The Bertz CT molecular complexity index is 1630. The monoisotopic (exact) mass is 631 g/mol. The van der Waals surface area contributed by atoms with Gasteiger partial charge in [-0.1, -0.05) is 6.07 Å². The van der Waals surface area contributed by atoms with Crippen LogP contribution in [0.15, 0.2) is 42.7 Å². The number of benzene rings is 1. The largest absolute Gasteiger partial charge is 0.444 e. The number of nitrogens with zero attached hydrogens (tertiary/aromatic N) is 5. The third-order valence-electron chi connectivity index (χ3n) is 7.53. The maximum atomic E-state index is 13.1. The molecule has 2 N–H and O–H groups in total. The molecule has 2 fully saturated rings. The van der Waals surface area contributed by atoms with Gasteiger partial charge in [0.05, 0.1) is 5.52 Å². The number of carbonyl (C=O) groups is 4. The lowest BCUT2D eigenvalue weighted by atomic mass is 10.1. The molecule has 244 valence electrons. The summed E-state index contributed by atoms with van der Waals surface area (Å²) in [4.78, 5) is 67.4. The van der Waals surface area contributed by atoms with E-state index in [4.69, 9.17) is 9.47 Å². The van der Waals surface area contributed by atoms with Crippen molar-refractivity contribution in [3.8, 4) is 11.1 Å². The van der Waals surface area contributed by atoms with Gasteiger partial charge in [-0.25, -0.2) is 24.5 Å². The molecule has 3 aromatic rings. The van der Waals surface area contributed by atoms with Crippen molar-refractivity contribution in [1.29, 1.82) is 0 Å². The van der Waals surface area contributed by atoms with Crippen LogP contribution in [0, 0.1) is 0 Å². The van der Waals surface area contributed by atoms with Crippen molar-refractivity contribution in [3.05, 3.63) is 42.7 Å². The molecule has 2 aliphatic heterocycles. The first kappa shape index (κ1) is 32.6. The van der Waals surface area contributed by atoms with Crippen LogP contribution in [-0.2, 0) is 19.1 Å². The topological polar surface area (TPSA) is 156 Å². The SMILES string of the molecule is CC(C)(C)OC(=O)N1CCCC1C(=O)Nc1ccc2cc(-c3cnc(NC(=O)C4CCCN4C(=O)OC(C)(C)C)nc3)ccc2n1. The molecule has 0 aliphatic carbocycles. The second kappa shape index (κ2) is 12.9. The maximum Gasteiger partial charge on any atom is 0.410 e. The fourth-order valence-electron chi connectivity index (χ4n) is 5.48. The Labute approximate surface area is 268 Å². The van der Waals surface area contributed by atoms with Gasteiger partial charge in [-0.15, -0.1) is 0 Å². The van der Waals surface area contributed by atoms with Gasteiger partial charge in [-0.2, -0.15) is 0 Å². The van der Waals surface area contributed by atoms with Crippen LogP contribution in [0.4, 0.5) is 21.4 Å². The van der Waals surface area contributed by atoms with Crippen LogP contribution < -0.4 is 10.6 Å².